The van der Waals surface area contributed by atoms with Crippen LogP contribution in [-0.2, 0) is 9.53 Å². The van der Waals surface area contributed by atoms with Gasteiger partial charge in [0, 0.05) is 5.69 Å². The number of hydrogen-bond acceptors (Lipinski definition) is 3. The van der Waals surface area contributed by atoms with Crippen molar-refractivity contribution in [3.63, 3.8) is 0 Å². The number of amides is 1. The van der Waals surface area contributed by atoms with Gasteiger partial charge in [-0.3, -0.25) is 9.69 Å². The minimum atomic E-state index is -1.11. The molecular weight excluding hydrogens is 222 g/mol. The van der Waals surface area contributed by atoms with Gasteiger partial charge in [0.1, 0.15) is 6.54 Å². The summed E-state index contributed by atoms with van der Waals surface area (Å²) in [5.74, 6) is -1.11. The molecule has 5 heteroatoms. The summed E-state index contributed by atoms with van der Waals surface area (Å²) in [5.41, 5.74) is 1.35. The summed E-state index contributed by atoms with van der Waals surface area (Å²) in [7, 11) is 1.20. The SMILES string of the molecule is C=Cc1ccc(N(CC(=O)O)C(=O)OC)cc1. The first-order chi connectivity index (χ1) is 8.08. The van der Waals surface area contributed by atoms with Gasteiger partial charge in [-0.1, -0.05) is 24.8 Å². The second kappa shape index (κ2) is 5.69. The van der Waals surface area contributed by atoms with Gasteiger partial charge in [-0.25, -0.2) is 4.79 Å². The molecule has 0 aromatic heterocycles. The summed E-state index contributed by atoms with van der Waals surface area (Å²) in [5, 5.41) is 8.72. The fraction of sp³-hybridized carbons (Fsp3) is 0.167. The van der Waals surface area contributed by atoms with Gasteiger partial charge in [0.05, 0.1) is 7.11 Å². The van der Waals surface area contributed by atoms with Crippen LogP contribution in [0, 0.1) is 0 Å². The number of anilines is 1. The molecule has 0 saturated heterocycles. The van der Waals surface area contributed by atoms with Crippen LogP contribution in [0.5, 0.6) is 0 Å². The van der Waals surface area contributed by atoms with Crippen molar-refractivity contribution >= 4 is 23.8 Å². The minimum Gasteiger partial charge on any atom is -0.480 e. The van der Waals surface area contributed by atoms with E-state index in [1.165, 1.54) is 7.11 Å². The van der Waals surface area contributed by atoms with Crippen LogP contribution >= 0.6 is 0 Å². The van der Waals surface area contributed by atoms with Gasteiger partial charge in [-0.2, -0.15) is 0 Å². The molecule has 0 spiro atoms. The first-order valence-corrected chi connectivity index (χ1v) is 4.88. The Morgan fingerprint density at radius 3 is 2.41 bits per heavy atom. The molecule has 0 bridgehead atoms. The highest BCUT2D eigenvalue weighted by molar-refractivity contribution is 5.92. The molecule has 0 saturated carbocycles. The van der Waals surface area contributed by atoms with E-state index < -0.39 is 18.6 Å². The summed E-state index contributed by atoms with van der Waals surface area (Å²) >= 11 is 0. The lowest BCUT2D eigenvalue weighted by atomic mass is 10.2. The Hall–Kier alpha value is -2.30. The van der Waals surface area contributed by atoms with Crippen molar-refractivity contribution in [1.82, 2.24) is 0 Å². The molecule has 0 aliphatic heterocycles. The number of hydrogen-bond donors (Lipinski definition) is 1. The quantitative estimate of drug-likeness (QED) is 0.866. The van der Waals surface area contributed by atoms with Crippen molar-refractivity contribution < 1.29 is 19.4 Å². The van der Waals surface area contributed by atoms with E-state index in [0.29, 0.717) is 5.69 Å². The van der Waals surface area contributed by atoms with E-state index >= 15 is 0 Å². The molecule has 1 rings (SSSR count). The van der Waals surface area contributed by atoms with Crippen LogP contribution < -0.4 is 4.90 Å². The van der Waals surface area contributed by atoms with Crippen LogP contribution in [0.25, 0.3) is 6.08 Å². The van der Waals surface area contributed by atoms with E-state index in [-0.39, 0.29) is 0 Å². The molecule has 0 atom stereocenters. The molecule has 1 aromatic rings. The zero-order valence-electron chi connectivity index (χ0n) is 9.42. The van der Waals surface area contributed by atoms with Gasteiger partial charge in [-0.15, -0.1) is 0 Å². The second-order valence-corrected chi connectivity index (χ2v) is 3.25. The molecular formula is C12H13NO4. The molecule has 0 aliphatic rings. The smallest absolute Gasteiger partial charge is 0.414 e. The zero-order valence-corrected chi connectivity index (χ0v) is 9.42. The van der Waals surface area contributed by atoms with E-state index in [1.54, 1.807) is 30.3 Å². The van der Waals surface area contributed by atoms with Gasteiger partial charge >= 0.3 is 12.1 Å². The van der Waals surface area contributed by atoms with Crippen molar-refractivity contribution in [2.24, 2.45) is 0 Å². The molecule has 1 N–H and O–H groups in total. The Labute approximate surface area is 98.9 Å². The van der Waals surface area contributed by atoms with Gasteiger partial charge in [0.2, 0.25) is 0 Å². The van der Waals surface area contributed by atoms with Crippen LogP contribution in [0.1, 0.15) is 5.56 Å². The summed E-state index contributed by atoms with van der Waals surface area (Å²) in [6.45, 7) is 3.16. The Morgan fingerprint density at radius 1 is 1.41 bits per heavy atom. The molecule has 90 valence electrons. The summed E-state index contributed by atoms with van der Waals surface area (Å²) in [4.78, 5) is 23.1. The highest BCUT2D eigenvalue weighted by Gasteiger charge is 2.18. The molecule has 0 fully saturated rings. The number of aliphatic carboxylic acids is 1. The van der Waals surface area contributed by atoms with E-state index in [4.69, 9.17) is 5.11 Å². The van der Waals surface area contributed by atoms with Gasteiger partial charge in [0.25, 0.3) is 0 Å². The number of carboxylic acid groups (broad SMARTS) is 1. The number of ether oxygens (including phenoxy) is 1. The zero-order chi connectivity index (χ0) is 12.8. The third kappa shape index (κ3) is 3.34. The molecule has 17 heavy (non-hydrogen) atoms. The van der Waals surface area contributed by atoms with Crippen molar-refractivity contribution in [1.29, 1.82) is 0 Å². The second-order valence-electron chi connectivity index (χ2n) is 3.25. The van der Waals surface area contributed by atoms with E-state index in [1.807, 2.05) is 0 Å². The summed E-state index contributed by atoms with van der Waals surface area (Å²) < 4.78 is 4.53. The predicted molar refractivity (Wildman–Crippen MR) is 63.9 cm³/mol. The van der Waals surface area contributed by atoms with Crippen molar-refractivity contribution in [2.75, 3.05) is 18.6 Å². The average Bonchev–Trinajstić information content (AvgIpc) is 2.35. The van der Waals surface area contributed by atoms with Crippen molar-refractivity contribution in [3.8, 4) is 0 Å². The molecule has 1 aromatic carbocycles. The van der Waals surface area contributed by atoms with E-state index in [9.17, 15) is 9.59 Å². The lowest BCUT2D eigenvalue weighted by Crippen LogP contribution is -2.35. The summed E-state index contributed by atoms with van der Waals surface area (Å²) in [6, 6.07) is 6.74. The fourth-order valence-electron chi connectivity index (χ4n) is 1.30. The van der Waals surface area contributed by atoms with Crippen LogP contribution in [0.4, 0.5) is 10.5 Å². The topological polar surface area (TPSA) is 66.8 Å². The molecule has 5 nitrogen and oxygen atoms in total. The van der Waals surface area contributed by atoms with Crippen LogP contribution in [-0.4, -0.2) is 30.8 Å². The third-order valence-corrected chi connectivity index (χ3v) is 2.13. The van der Waals surface area contributed by atoms with Crippen LogP contribution in [0.15, 0.2) is 30.8 Å². The molecule has 0 aliphatic carbocycles. The standard InChI is InChI=1S/C12H13NO4/c1-3-9-4-6-10(7-5-9)13(8-11(14)15)12(16)17-2/h3-7H,1,8H2,2H3,(H,14,15). The van der Waals surface area contributed by atoms with E-state index in [0.717, 1.165) is 10.5 Å². The maximum atomic E-state index is 11.4. The van der Waals surface area contributed by atoms with Gasteiger partial charge < -0.3 is 9.84 Å². The number of carbonyl (C=O) groups is 2. The number of benzene rings is 1. The van der Waals surface area contributed by atoms with Crippen molar-refractivity contribution in [2.45, 2.75) is 0 Å². The third-order valence-electron chi connectivity index (χ3n) is 2.13. The molecule has 0 unspecified atom stereocenters. The predicted octanol–water partition coefficient (Wildman–Crippen LogP) is 1.99. The lowest BCUT2D eigenvalue weighted by molar-refractivity contribution is -0.135. The van der Waals surface area contributed by atoms with E-state index in [2.05, 4.69) is 11.3 Å². The molecule has 0 heterocycles. The normalized spacial score (nSPS) is 9.47. The maximum absolute atomic E-state index is 11.4. The number of rotatable bonds is 4. The molecule has 0 radical (unpaired) electrons. The largest absolute Gasteiger partial charge is 0.480 e. The highest BCUT2D eigenvalue weighted by Crippen LogP contribution is 2.16. The van der Waals surface area contributed by atoms with Crippen LogP contribution in [0.2, 0.25) is 0 Å². The van der Waals surface area contributed by atoms with Gasteiger partial charge in [0.15, 0.2) is 0 Å². The Bertz CT molecular complexity index is 425. The number of methoxy groups -OCH3 is 1. The first-order valence-electron chi connectivity index (χ1n) is 4.88. The Kier molecular flexibility index (Phi) is 4.28. The minimum absolute atomic E-state index is 0.444. The molecule has 1 amide bonds. The fourth-order valence-corrected chi connectivity index (χ4v) is 1.30. The first kappa shape index (κ1) is 12.8. The summed E-state index contributed by atoms with van der Waals surface area (Å²) in [6.07, 6.45) is 0.947. The maximum Gasteiger partial charge on any atom is 0.414 e. The highest BCUT2D eigenvalue weighted by atomic mass is 16.5. The average molecular weight is 235 g/mol. The lowest BCUT2D eigenvalue weighted by Gasteiger charge is -2.19. The Balaban J connectivity index is 2.99. The Morgan fingerprint density at radius 2 is 2.00 bits per heavy atom. The van der Waals surface area contributed by atoms with Gasteiger partial charge in [-0.05, 0) is 17.7 Å². The van der Waals surface area contributed by atoms with Crippen molar-refractivity contribution in [3.05, 3.63) is 36.4 Å². The number of nitrogens with zero attached hydrogens (tertiary/aromatic N) is 1. The number of carboxylic acids is 1. The monoisotopic (exact) mass is 235 g/mol. The number of carbonyl (C=O) groups excluding carboxylic acids is 1. The van der Waals surface area contributed by atoms with Crippen LogP contribution in [0.3, 0.4) is 0 Å².